The second-order valence-corrected chi connectivity index (χ2v) is 14.2. The molecule has 2 amide bonds. The van der Waals surface area contributed by atoms with Gasteiger partial charge in [0, 0.05) is 42.0 Å². The highest BCUT2D eigenvalue weighted by Crippen LogP contribution is 2.28. The van der Waals surface area contributed by atoms with Crippen molar-refractivity contribution in [1.29, 1.82) is 0 Å². The van der Waals surface area contributed by atoms with Gasteiger partial charge < -0.3 is 20.5 Å². The van der Waals surface area contributed by atoms with E-state index in [1.54, 1.807) is 24.5 Å². The zero-order valence-corrected chi connectivity index (χ0v) is 29.3. The summed E-state index contributed by atoms with van der Waals surface area (Å²) >= 11 is 0. The Morgan fingerprint density at radius 1 is 0.840 bits per heavy atom. The smallest absolute Gasteiger partial charge is 0.305 e. The fourth-order valence-corrected chi connectivity index (χ4v) is 6.20. The van der Waals surface area contributed by atoms with Crippen LogP contribution >= 0.6 is 0 Å². The second-order valence-electron chi connectivity index (χ2n) is 14.2. The van der Waals surface area contributed by atoms with Crippen molar-refractivity contribution in [3.8, 4) is 28.3 Å². The van der Waals surface area contributed by atoms with Crippen LogP contribution in [0.2, 0.25) is 0 Å². The lowest BCUT2D eigenvalue weighted by molar-refractivity contribution is -0.137. The Labute approximate surface area is 294 Å². The number of hydrogen-bond donors (Lipinski definition) is 3. The summed E-state index contributed by atoms with van der Waals surface area (Å²) < 4.78 is 6.01. The number of ether oxygens (including phenoxy) is 1. The molecule has 5 rings (SSSR count). The summed E-state index contributed by atoms with van der Waals surface area (Å²) in [5.74, 6) is 0.386. The minimum absolute atomic E-state index is 0.0363. The number of benzene rings is 3. The first-order valence-electron chi connectivity index (χ1n) is 17.6. The molecule has 9 heteroatoms. The number of nitrogens with zero attached hydrogens (tertiary/aromatic N) is 2. The van der Waals surface area contributed by atoms with E-state index >= 15 is 0 Å². The summed E-state index contributed by atoms with van der Waals surface area (Å²) in [5, 5.41) is 14.5. The lowest BCUT2D eigenvalue weighted by Gasteiger charge is -2.21. The van der Waals surface area contributed by atoms with Gasteiger partial charge in [-0.15, -0.1) is 0 Å². The quantitative estimate of drug-likeness (QED) is 0.127. The molecule has 0 spiro atoms. The van der Waals surface area contributed by atoms with Crippen LogP contribution in [0.5, 0.6) is 5.75 Å². The summed E-state index contributed by atoms with van der Waals surface area (Å²) in [6, 6.07) is 22.0. The van der Waals surface area contributed by atoms with E-state index in [2.05, 4.69) is 41.4 Å². The Hall–Kier alpha value is -5.05. The van der Waals surface area contributed by atoms with Crippen LogP contribution in [0, 0.1) is 5.92 Å². The zero-order chi connectivity index (χ0) is 35.5. The summed E-state index contributed by atoms with van der Waals surface area (Å²) in [5.41, 5.74) is 5.00. The second kappa shape index (κ2) is 17.1. The van der Waals surface area contributed by atoms with Gasteiger partial charge in [0.2, 0.25) is 5.91 Å². The number of nitrogens with one attached hydrogen (secondary N) is 2. The van der Waals surface area contributed by atoms with Gasteiger partial charge in [-0.25, -0.2) is 9.97 Å². The molecule has 0 saturated heterocycles. The minimum atomic E-state index is -1.02. The van der Waals surface area contributed by atoms with Crippen molar-refractivity contribution in [3.05, 3.63) is 102 Å². The van der Waals surface area contributed by atoms with Gasteiger partial charge in [0.05, 0.1) is 13.0 Å². The first-order chi connectivity index (χ1) is 24.0. The topological polar surface area (TPSA) is 131 Å². The fraction of sp³-hybridized carbons (Fsp3) is 0.390. The van der Waals surface area contributed by atoms with Crippen molar-refractivity contribution in [1.82, 2.24) is 20.6 Å². The molecule has 1 atom stereocenters. The molecule has 3 N–H and O–H groups in total. The van der Waals surface area contributed by atoms with Gasteiger partial charge in [0.15, 0.2) is 5.82 Å². The van der Waals surface area contributed by atoms with Crippen LogP contribution in [0.25, 0.3) is 22.5 Å². The number of carbonyl (C=O) groups excluding carboxylic acids is 2. The van der Waals surface area contributed by atoms with Crippen molar-refractivity contribution in [2.75, 3.05) is 13.2 Å². The highest BCUT2D eigenvalue weighted by Gasteiger charge is 2.23. The van der Waals surface area contributed by atoms with Crippen molar-refractivity contribution < 1.29 is 24.2 Å². The third-order valence-electron chi connectivity index (χ3n) is 9.28. The molecule has 1 heterocycles. The average molecular weight is 677 g/mol. The lowest BCUT2D eigenvalue weighted by Crippen LogP contribution is -2.48. The minimum Gasteiger partial charge on any atom is -0.494 e. The van der Waals surface area contributed by atoms with E-state index in [4.69, 9.17) is 9.84 Å². The Morgan fingerprint density at radius 3 is 2.10 bits per heavy atom. The van der Waals surface area contributed by atoms with E-state index in [0.29, 0.717) is 11.4 Å². The van der Waals surface area contributed by atoms with Crippen molar-refractivity contribution in [2.45, 2.75) is 83.6 Å². The summed E-state index contributed by atoms with van der Waals surface area (Å²) in [6.45, 7) is 7.01. The van der Waals surface area contributed by atoms with Gasteiger partial charge in [-0.05, 0) is 58.7 Å². The van der Waals surface area contributed by atoms with Crippen molar-refractivity contribution >= 4 is 17.8 Å². The molecular weight excluding hydrogens is 628 g/mol. The lowest BCUT2D eigenvalue weighted by atomic mass is 9.86. The third kappa shape index (κ3) is 10.5. The number of amides is 2. The molecule has 0 aliphatic heterocycles. The molecule has 3 aromatic carbocycles. The van der Waals surface area contributed by atoms with Crippen LogP contribution in [-0.2, 0) is 21.4 Å². The number of aliphatic carboxylic acids is 1. The van der Waals surface area contributed by atoms with Crippen molar-refractivity contribution in [2.24, 2.45) is 5.92 Å². The van der Waals surface area contributed by atoms with Gasteiger partial charge in [-0.3, -0.25) is 14.4 Å². The van der Waals surface area contributed by atoms with Gasteiger partial charge in [-0.1, -0.05) is 101 Å². The number of rotatable bonds is 14. The summed E-state index contributed by atoms with van der Waals surface area (Å²) in [7, 11) is 0. The predicted octanol–water partition coefficient (Wildman–Crippen LogP) is 7.39. The molecule has 0 unspecified atom stereocenters. The largest absolute Gasteiger partial charge is 0.494 e. The molecule has 4 aromatic rings. The number of hydrogen-bond acceptors (Lipinski definition) is 6. The van der Waals surface area contributed by atoms with Gasteiger partial charge in [-0.2, -0.15) is 0 Å². The fourth-order valence-electron chi connectivity index (χ4n) is 6.20. The third-order valence-corrected chi connectivity index (χ3v) is 9.28. The normalized spacial score (nSPS) is 14.1. The molecule has 9 nitrogen and oxygen atoms in total. The standard InChI is InChI=1S/C41H48N4O5/c1-41(2,3)34-17-13-32(14-18-34)39(48)45-36(40(49)42-23-21-37(46)47)25-29-9-11-31(12-10-29)38-43-26-33(27-44-38)30-15-19-35(20-16-30)50-24-22-28-7-5-4-6-8-28/h9-20,26-28,36H,4-8,21-25H2,1-3H3,(H,42,49)(H,45,48)(H,46,47)/t36-/m0/s1. The molecule has 1 saturated carbocycles. The number of carbonyl (C=O) groups is 3. The van der Waals surface area contributed by atoms with E-state index in [0.717, 1.165) is 52.5 Å². The summed E-state index contributed by atoms with van der Waals surface area (Å²) in [6.07, 6.45) is 11.4. The van der Waals surface area contributed by atoms with Crippen LogP contribution in [0.3, 0.4) is 0 Å². The Morgan fingerprint density at radius 2 is 1.48 bits per heavy atom. The van der Waals surface area contributed by atoms with Gasteiger partial charge in [0.1, 0.15) is 11.8 Å². The van der Waals surface area contributed by atoms with Crippen LogP contribution in [0.15, 0.2) is 85.2 Å². The molecule has 1 aromatic heterocycles. The van der Waals surface area contributed by atoms with Crippen LogP contribution in [-0.4, -0.2) is 52.1 Å². The van der Waals surface area contributed by atoms with Gasteiger partial charge >= 0.3 is 5.97 Å². The Balaban J connectivity index is 1.19. The Bertz CT molecular complexity index is 1710. The molecule has 1 fully saturated rings. The molecule has 0 bridgehead atoms. The first-order valence-corrected chi connectivity index (χ1v) is 17.6. The average Bonchev–Trinajstić information content (AvgIpc) is 3.12. The van der Waals surface area contributed by atoms with E-state index in [1.165, 1.54) is 32.1 Å². The van der Waals surface area contributed by atoms with Crippen LogP contribution in [0.4, 0.5) is 0 Å². The maximum absolute atomic E-state index is 13.2. The Kier molecular flexibility index (Phi) is 12.4. The number of carboxylic acid groups (broad SMARTS) is 1. The molecule has 1 aliphatic rings. The number of carboxylic acids is 1. The summed E-state index contributed by atoms with van der Waals surface area (Å²) in [4.78, 5) is 46.5. The first kappa shape index (κ1) is 36.2. The van der Waals surface area contributed by atoms with Crippen LogP contribution < -0.4 is 15.4 Å². The molecule has 1 aliphatic carbocycles. The maximum atomic E-state index is 13.2. The monoisotopic (exact) mass is 676 g/mol. The number of aromatic nitrogens is 2. The van der Waals surface area contributed by atoms with E-state index in [1.807, 2.05) is 60.7 Å². The van der Waals surface area contributed by atoms with E-state index < -0.39 is 17.9 Å². The molecule has 262 valence electrons. The molecular formula is C41H48N4O5. The van der Waals surface area contributed by atoms with Crippen LogP contribution in [0.1, 0.15) is 87.2 Å². The zero-order valence-electron chi connectivity index (χ0n) is 29.3. The molecule has 0 radical (unpaired) electrons. The molecule has 50 heavy (non-hydrogen) atoms. The predicted molar refractivity (Wildman–Crippen MR) is 195 cm³/mol. The highest BCUT2D eigenvalue weighted by molar-refractivity contribution is 5.97. The SMILES string of the molecule is CC(C)(C)c1ccc(C(=O)N[C@@H](Cc2ccc(-c3ncc(-c4ccc(OCCC5CCCCC5)cc4)cn3)cc2)C(=O)NCCC(=O)O)cc1. The van der Waals surface area contributed by atoms with Gasteiger partial charge in [0.25, 0.3) is 5.91 Å². The highest BCUT2D eigenvalue weighted by atomic mass is 16.5. The van der Waals surface area contributed by atoms with E-state index in [-0.39, 0.29) is 30.7 Å². The van der Waals surface area contributed by atoms with Crippen molar-refractivity contribution in [3.63, 3.8) is 0 Å². The van der Waals surface area contributed by atoms with E-state index in [9.17, 15) is 14.4 Å². The maximum Gasteiger partial charge on any atom is 0.305 e.